The third-order valence-electron chi connectivity index (χ3n) is 1.49. The topological polar surface area (TPSA) is 153 Å². The van der Waals surface area contributed by atoms with Gasteiger partial charge >= 0.3 is 0 Å². The molecule has 0 aliphatic carbocycles. The molecular weight excluding hydrogens is 202 g/mol. The molecule has 0 aromatic carbocycles. The molecule has 1 atom stereocenters. The van der Waals surface area contributed by atoms with E-state index in [0.717, 1.165) is 0 Å². The number of hydrogen-bond donors (Lipinski definition) is 2. The maximum absolute atomic E-state index is 9.10. The van der Waals surface area contributed by atoms with Gasteiger partial charge < -0.3 is 15.6 Å². The maximum atomic E-state index is 9.10. The average molecular weight is 215 g/mol. The number of nitrogens with zero attached hydrogens (tertiary/aromatic N) is 6. The van der Waals surface area contributed by atoms with E-state index >= 15 is 0 Å². The van der Waals surface area contributed by atoms with E-state index < -0.39 is 12.2 Å². The summed E-state index contributed by atoms with van der Waals surface area (Å²) in [6.07, 6.45) is -1.30. The molecule has 0 amide bonds. The highest BCUT2D eigenvalue weighted by Gasteiger charge is 2.09. The Labute approximate surface area is 86.1 Å². The number of ether oxygens (including phenoxy) is 1. The Hall–Kier alpha value is -1.50. The van der Waals surface area contributed by atoms with E-state index in [1.165, 1.54) is 0 Å². The van der Waals surface area contributed by atoms with Gasteiger partial charge in [-0.3, -0.25) is 0 Å². The first-order valence-corrected chi connectivity index (χ1v) is 4.26. The van der Waals surface area contributed by atoms with Gasteiger partial charge in [-0.25, -0.2) is 0 Å². The van der Waals surface area contributed by atoms with Gasteiger partial charge in [0.2, 0.25) is 0 Å². The van der Waals surface area contributed by atoms with Gasteiger partial charge in [0, 0.05) is 16.4 Å². The Morgan fingerprint density at radius 1 is 1.27 bits per heavy atom. The molecule has 0 bridgehead atoms. The molecule has 0 fully saturated rings. The predicted octanol–water partition coefficient (Wildman–Crippen LogP) is 0.312. The van der Waals surface area contributed by atoms with Crippen LogP contribution in [0, 0.1) is 0 Å². The van der Waals surface area contributed by atoms with Crippen molar-refractivity contribution >= 4 is 0 Å². The Balaban J connectivity index is 3.98. The second-order valence-corrected chi connectivity index (χ2v) is 2.67. The van der Waals surface area contributed by atoms with Crippen LogP contribution in [-0.4, -0.2) is 43.6 Å². The van der Waals surface area contributed by atoms with Gasteiger partial charge in [0.1, 0.15) is 0 Å². The molecule has 0 spiro atoms. The van der Waals surface area contributed by atoms with Crippen molar-refractivity contribution in [3.05, 3.63) is 20.9 Å². The van der Waals surface area contributed by atoms with E-state index in [2.05, 4.69) is 20.1 Å². The molecule has 0 saturated carbocycles. The van der Waals surface area contributed by atoms with Gasteiger partial charge in [0.15, 0.2) is 0 Å². The zero-order valence-electron chi connectivity index (χ0n) is 8.10. The molecule has 0 heterocycles. The zero-order valence-corrected chi connectivity index (χ0v) is 8.10. The SMILES string of the molecule is [N-]=[N+]=NCC(CN=[N+]=[N-])OCC(O)CN. The lowest BCUT2D eigenvalue weighted by molar-refractivity contribution is 0.00198. The maximum Gasteiger partial charge on any atom is 0.0895 e. The molecule has 0 aliphatic rings. The number of hydrogen-bond acceptors (Lipinski definition) is 5. The van der Waals surface area contributed by atoms with E-state index in [1.807, 2.05) is 0 Å². The molecule has 9 nitrogen and oxygen atoms in total. The smallest absolute Gasteiger partial charge is 0.0895 e. The molecule has 15 heavy (non-hydrogen) atoms. The largest absolute Gasteiger partial charge is 0.389 e. The Kier molecular flexibility index (Phi) is 8.16. The van der Waals surface area contributed by atoms with Gasteiger partial charge in [0.25, 0.3) is 0 Å². The molecule has 0 aromatic rings. The summed E-state index contributed by atoms with van der Waals surface area (Å²) < 4.78 is 5.14. The fourth-order valence-corrected chi connectivity index (χ4v) is 0.734. The minimum absolute atomic E-state index is 0.0169. The summed E-state index contributed by atoms with van der Waals surface area (Å²) in [4.78, 5) is 5.11. The third-order valence-corrected chi connectivity index (χ3v) is 1.49. The van der Waals surface area contributed by atoms with Gasteiger partial charge in [-0.15, -0.1) is 0 Å². The number of aliphatic hydroxyl groups is 1. The summed E-state index contributed by atoms with van der Waals surface area (Å²) in [6.45, 7) is 0.193. The van der Waals surface area contributed by atoms with E-state index in [9.17, 15) is 0 Å². The summed E-state index contributed by atoms with van der Waals surface area (Å²) in [5, 5.41) is 15.7. The minimum atomic E-state index is -0.773. The number of nitrogens with two attached hydrogens (primary N) is 1. The van der Waals surface area contributed by atoms with E-state index in [1.54, 1.807) is 0 Å². The highest BCUT2D eigenvalue weighted by molar-refractivity contribution is 4.67. The average Bonchev–Trinajstić information content (AvgIpc) is 2.27. The monoisotopic (exact) mass is 215 g/mol. The van der Waals surface area contributed by atoms with E-state index in [-0.39, 0.29) is 26.2 Å². The fourth-order valence-electron chi connectivity index (χ4n) is 0.734. The Morgan fingerprint density at radius 2 is 1.80 bits per heavy atom. The lowest BCUT2D eigenvalue weighted by atomic mass is 10.3. The summed E-state index contributed by atoms with van der Waals surface area (Å²) in [5.74, 6) is 0. The second kappa shape index (κ2) is 9.07. The number of rotatable bonds is 8. The van der Waals surface area contributed by atoms with Crippen LogP contribution in [-0.2, 0) is 4.74 Å². The molecule has 3 N–H and O–H groups in total. The van der Waals surface area contributed by atoms with Crippen molar-refractivity contribution in [2.24, 2.45) is 16.0 Å². The normalized spacial score (nSPS) is 13.5. The van der Waals surface area contributed by atoms with E-state index in [0.29, 0.717) is 0 Å². The standard InChI is InChI=1S/C6H13N7O2/c7-1-5(14)4-15-6(2-10-12-8)3-11-13-9/h5-6,14H,1-4,7H2. The molecule has 0 aliphatic heterocycles. The van der Waals surface area contributed by atoms with Crippen molar-refractivity contribution in [1.82, 2.24) is 0 Å². The van der Waals surface area contributed by atoms with Crippen LogP contribution in [0.25, 0.3) is 20.9 Å². The number of aliphatic hydroxyl groups excluding tert-OH is 1. The second-order valence-electron chi connectivity index (χ2n) is 2.67. The molecule has 0 radical (unpaired) electrons. The molecule has 0 rings (SSSR count). The van der Waals surface area contributed by atoms with Gasteiger partial charge in [-0.05, 0) is 11.1 Å². The molecule has 9 heteroatoms. The van der Waals surface area contributed by atoms with Crippen LogP contribution in [0.5, 0.6) is 0 Å². The van der Waals surface area contributed by atoms with Crippen molar-refractivity contribution in [2.45, 2.75) is 12.2 Å². The van der Waals surface area contributed by atoms with Crippen molar-refractivity contribution in [1.29, 1.82) is 0 Å². The number of azide groups is 2. The summed E-state index contributed by atoms with van der Waals surface area (Å²) in [6, 6.07) is 0. The van der Waals surface area contributed by atoms with Crippen LogP contribution < -0.4 is 5.73 Å². The van der Waals surface area contributed by atoms with Crippen LogP contribution in [0.4, 0.5) is 0 Å². The van der Waals surface area contributed by atoms with Crippen LogP contribution in [0.15, 0.2) is 10.2 Å². The predicted molar refractivity (Wildman–Crippen MR) is 52.8 cm³/mol. The molecule has 84 valence electrons. The van der Waals surface area contributed by atoms with Crippen molar-refractivity contribution in [2.75, 3.05) is 26.2 Å². The van der Waals surface area contributed by atoms with Crippen LogP contribution >= 0.6 is 0 Å². The van der Waals surface area contributed by atoms with Crippen molar-refractivity contribution < 1.29 is 9.84 Å². The first-order valence-electron chi connectivity index (χ1n) is 4.26. The third kappa shape index (κ3) is 7.56. The molecule has 0 saturated heterocycles. The summed E-state index contributed by atoms with van der Waals surface area (Å²) >= 11 is 0. The van der Waals surface area contributed by atoms with Gasteiger partial charge in [-0.2, -0.15) is 0 Å². The lowest BCUT2D eigenvalue weighted by Crippen LogP contribution is -2.30. The van der Waals surface area contributed by atoms with Crippen molar-refractivity contribution in [3.8, 4) is 0 Å². The van der Waals surface area contributed by atoms with E-state index in [4.69, 9.17) is 26.6 Å². The van der Waals surface area contributed by atoms with Gasteiger partial charge in [-0.1, -0.05) is 10.2 Å². The van der Waals surface area contributed by atoms with Crippen molar-refractivity contribution in [3.63, 3.8) is 0 Å². The Bertz CT molecular complexity index is 238. The summed E-state index contributed by atoms with van der Waals surface area (Å²) in [7, 11) is 0. The van der Waals surface area contributed by atoms with Crippen LogP contribution in [0.1, 0.15) is 0 Å². The summed E-state index contributed by atoms with van der Waals surface area (Å²) in [5.41, 5.74) is 21.4. The molecular formula is C6H13N7O2. The molecule has 1 unspecified atom stereocenters. The first kappa shape index (κ1) is 13.5. The fraction of sp³-hybridized carbons (Fsp3) is 1.00. The molecule has 0 aromatic heterocycles. The highest BCUT2D eigenvalue weighted by Crippen LogP contribution is 1.97. The highest BCUT2D eigenvalue weighted by atomic mass is 16.5. The van der Waals surface area contributed by atoms with Crippen LogP contribution in [0.3, 0.4) is 0 Å². The zero-order chi connectivity index (χ0) is 11.5. The quantitative estimate of drug-likeness (QED) is 0.340. The minimum Gasteiger partial charge on any atom is -0.389 e. The van der Waals surface area contributed by atoms with Gasteiger partial charge in [0.05, 0.1) is 31.9 Å². The van der Waals surface area contributed by atoms with Crippen LogP contribution in [0.2, 0.25) is 0 Å². The lowest BCUT2D eigenvalue weighted by Gasteiger charge is -2.15. The Morgan fingerprint density at radius 3 is 2.20 bits per heavy atom. The first-order chi connectivity index (χ1) is 7.24.